The van der Waals surface area contributed by atoms with E-state index in [-0.39, 0.29) is 6.04 Å². The van der Waals surface area contributed by atoms with Crippen molar-refractivity contribution >= 4 is 11.8 Å². The first kappa shape index (κ1) is 13.9. The minimum absolute atomic E-state index is 0.221. The normalized spacial score (nSPS) is 17.0. The summed E-state index contributed by atoms with van der Waals surface area (Å²) in [6.07, 6.45) is 4.22. The number of nitrogens with zero attached hydrogens (tertiary/aromatic N) is 3. The Morgan fingerprint density at radius 2 is 2.19 bits per heavy atom. The van der Waals surface area contributed by atoms with Crippen molar-refractivity contribution in [1.82, 2.24) is 14.9 Å². The highest BCUT2D eigenvalue weighted by molar-refractivity contribution is 5.40. The Labute approximate surface area is 124 Å². The third-order valence-corrected chi connectivity index (χ3v) is 3.80. The van der Waals surface area contributed by atoms with E-state index < -0.39 is 0 Å². The second-order valence-electron chi connectivity index (χ2n) is 5.41. The Hall–Kier alpha value is -2.08. The number of anilines is 2. The quantitative estimate of drug-likeness (QED) is 0.877. The number of hydrogen-bond donors (Lipinski definition) is 2. The third kappa shape index (κ3) is 3.33. The average molecular weight is 287 g/mol. The fourth-order valence-corrected chi connectivity index (χ4v) is 2.83. The molecule has 6 nitrogen and oxygen atoms in total. The third-order valence-electron chi connectivity index (χ3n) is 3.80. The molecule has 21 heavy (non-hydrogen) atoms. The smallest absolute Gasteiger partial charge is 0.222 e. The van der Waals surface area contributed by atoms with Gasteiger partial charge in [0, 0.05) is 18.3 Å². The van der Waals surface area contributed by atoms with Gasteiger partial charge < -0.3 is 15.5 Å². The summed E-state index contributed by atoms with van der Waals surface area (Å²) < 4.78 is 5.60. The molecule has 2 aromatic heterocycles. The molecule has 0 aromatic carbocycles. The molecule has 0 unspecified atom stereocenters. The van der Waals surface area contributed by atoms with Crippen LogP contribution in [0.4, 0.5) is 11.8 Å². The summed E-state index contributed by atoms with van der Waals surface area (Å²) >= 11 is 0. The summed E-state index contributed by atoms with van der Waals surface area (Å²) in [7, 11) is 0. The van der Waals surface area contributed by atoms with Crippen LogP contribution in [0.15, 0.2) is 28.9 Å². The molecule has 6 heteroatoms. The van der Waals surface area contributed by atoms with E-state index in [1.54, 1.807) is 6.26 Å². The highest BCUT2D eigenvalue weighted by atomic mass is 16.3. The van der Waals surface area contributed by atoms with E-state index in [1.807, 2.05) is 25.1 Å². The van der Waals surface area contributed by atoms with E-state index >= 15 is 0 Å². The Balaban J connectivity index is 1.72. The van der Waals surface area contributed by atoms with Crippen LogP contribution in [0.5, 0.6) is 0 Å². The maximum Gasteiger partial charge on any atom is 0.222 e. The highest BCUT2D eigenvalue weighted by Crippen LogP contribution is 2.25. The Bertz CT molecular complexity index is 558. The number of furan rings is 1. The van der Waals surface area contributed by atoms with Gasteiger partial charge in [-0.25, -0.2) is 4.98 Å². The van der Waals surface area contributed by atoms with Crippen molar-refractivity contribution in [2.45, 2.75) is 25.8 Å². The standard InChI is InChI=1S/C15H21N5O/c1-11-9-14(19-15(16)18-11)17-10-12(13-5-4-8-21-13)20-6-2-3-7-20/h4-5,8-9,12H,2-3,6-7,10H2,1H3,(H3,16,17,18,19)/t12-/m0/s1. The fourth-order valence-electron chi connectivity index (χ4n) is 2.83. The van der Waals surface area contributed by atoms with E-state index in [1.165, 1.54) is 12.8 Å². The van der Waals surface area contributed by atoms with Crippen LogP contribution in [0.1, 0.15) is 30.3 Å². The number of hydrogen-bond acceptors (Lipinski definition) is 6. The van der Waals surface area contributed by atoms with Crippen LogP contribution in [0.2, 0.25) is 0 Å². The van der Waals surface area contributed by atoms with Crippen molar-refractivity contribution in [3.8, 4) is 0 Å². The molecule has 2 aromatic rings. The molecule has 0 spiro atoms. The largest absolute Gasteiger partial charge is 0.468 e. The lowest BCUT2D eigenvalue weighted by Crippen LogP contribution is -2.31. The van der Waals surface area contributed by atoms with Crippen molar-refractivity contribution in [2.24, 2.45) is 0 Å². The van der Waals surface area contributed by atoms with Gasteiger partial charge >= 0.3 is 0 Å². The number of aryl methyl sites for hydroxylation is 1. The maximum absolute atomic E-state index is 5.69. The van der Waals surface area contributed by atoms with E-state index in [0.29, 0.717) is 5.95 Å². The van der Waals surface area contributed by atoms with E-state index in [2.05, 4.69) is 20.2 Å². The molecule has 3 N–H and O–H groups in total. The minimum atomic E-state index is 0.221. The molecule has 0 amide bonds. The molecule has 3 heterocycles. The van der Waals surface area contributed by atoms with E-state index in [0.717, 1.165) is 36.9 Å². The van der Waals surface area contributed by atoms with Crippen LogP contribution >= 0.6 is 0 Å². The first-order chi connectivity index (χ1) is 10.2. The Morgan fingerprint density at radius 3 is 2.86 bits per heavy atom. The molecule has 1 aliphatic heterocycles. The van der Waals surface area contributed by atoms with E-state index in [9.17, 15) is 0 Å². The number of nitrogen functional groups attached to an aromatic ring is 1. The predicted molar refractivity (Wildman–Crippen MR) is 81.9 cm³/mol. The topological polar surface area (TPSA) is 80.2 Å². The lowest BCUT2D eigenvalue weighted by atomic mass is 10.2. The molecule has 0 bridgehead atoms. The van der Waals surface area contributed by atoms with E-state index in [4.69, 9.17) is 10.2 Å². The van der Waals surface area contributed by atoms with Gasteiger partial charge in [0.25, 0.3) is 0 Å². The maximum atomic E-state index is 5.69. The van der Waals surface area contributed by atoms with Gasteiger partial charge in [-0.05, 0) is 45.0 Å². The summed E-state index contributed by atoms with van der Waals surface area (Å²) in [5, 5.41) is 3.36. The predicted octanol–water partition coefficient (Wildman–Crippen LogP) is 2.21. The average Bonchev–Trinajstić information content (AvgIpc) is 3.10. The molecule has 1 atom stereocenters. The number of rotatable bonds is 5. The van der Waals surface area contributed by atoms with Gasteiger partial charge in [-0.15, -0.1) is 0 Å². The minimum Gasteiger partial charge on any atom is -0.468 e. The number of nitrogens with one attached hydrogen (secondary N) is 1. The lowest BCUT2D eigenvalue weighted by molar-refractivity contribution is 0.225. The van der Waals surface area contributed by atoms with Gasteiger partial charge in [0.05, 0.1) is 12.3 Å². The van der Waals surface area contributed by atoms with Gasteiger partial charge in [-0.1, -0.05) is 0 Å². The zero-order chi connectivity index (χ0) is 14.7. The van der Waals surface area contributed by atoms with Crippen LogP contribution in [0, 0.1) is 6.92 Å². The first-order valence-corrected chi connectivity index (χ1v) is 7.35. The van der Waals surface area contributed by atoms with Crippen molar-refractivity contribution in [3.05, 3.63) is 35.9 Å². The molecular formula is C15H21N5O. The highest BCUT2D eigenvalue weighted by Gasteiger charge is 2.25. The van der Waals surface area contributed by atoms with Crippen LogP contribution in [-0.4, -0.2) is 34.5 Å². The van der Waals surface area contributed by atoms with Crippen molar-refractivity contribution < 1.29 is 4.42 Å². The number of aromatic nitrogens is 2. The Kier molecular flexibility index (Phi) is 4.06. The van der Waals surface area contributed by atoms with Crippen LogP contribution in [0.3, 0.4) is 0 Å². The van der Waals surface area contributed by atoms with Crippen LogP contribution in [-0.2, 0) is 0 Å². The molecule has 0 saturated carbocycles. The Morgan fingerprint density at radius 1 is 1.38 bits per heavy atom. The number of nitrogens with two attached hydrogens (primary N) is 1. The fraction of sp³-hybridized carbons (Fsp3) is 0.467. The second kappa shape index (κ2) is 6.13. The molecule has 3 rings (SSSR count). The molecular weight excluding hydrogens is 266 g/mol. The van der Waals surface area contributed by atoms with Gasteiger partial charge in [0.2, 0.25) is 5.95 Å². The van der Waals surface area contributed by atoms with Crippen molar-refractivity contribution in [1.29, 1.82) is 0 Å². The van der Waals surface area contributed by atoms with Crippen LogP contribution < -0.4 is 11.1 Å². The SMILES string of the molecule is Cc1cc(NC[C@@H](c2ccco2)N2CCCC2)nc(N)n1. The summed E-state index contributed by atoms with van der Waals surface area (Å²) in [5.41, 5.74) is 6.55. The molecule has 0 aliphatic carbocycles. The van der Waals surface area contributed by atoms with Gasteiger partial charge in [0.1, 0.15) is 11.6 Å². The van der Waals surface area contributed by atoms with Gasteiger partial charge in [-0.3, -0.25) is 4.90 Å². The molecule has 1 saturated heterocycles. The second-order valence-corrected chi connectivity index (χ2v) is 5.41. The molecule has 0 radical (unpaired) electrons. The number of likely N-dealkylation sites (tertiary alicyclic amines) is 1. The van der Waals surface area contributed by atoms with Crippen molar-refractivity contribution in [2.75, 3.05) is 30.7 Å². The zero-order valence-corrected chi connectivity index (χ0v) is 12.2. The summed E-state index contributed by atoms with van der Waals surface area (Å²) in [6.45, 7) is 4.87. The zero-order valence-electron chi connectivity index (χ0n) is 12.2. The first-order valence-electron chi connectivity index (χ1n) is 7.35. The molecule has 1 fully saturated rings. The summed E-state index contributed by atoms with van der Waals surface area (Å²) in [5.74, 6) is 2.05. The van der Waals surface area contributed by atoms with Gasteiger partial charge in [-0.2, -0.15) is 4.98 Å². The monoisotopic (exact) mass is 287 g/mol. The summed E-state index contributed by atoms with van der Waals surface area (Å²) in [4.78, 5) is 10.8. The van der Waals surface area contributed by atoms with Crippen molar-refractivity contribution in [3.63, 3.8) is 0 Å². The summed E-state index contributed by atoms with van der Waals surface area (Å²) in [6, 6.07) is 6.09. The molecule has 1 aliphatic rings. The van der Waals surface area contributed by atoms with Crippen LogP contribution in [0.25, 0.3) is 0 Å². The lowest BCUT2D eigenvalue weighted by Gasteiger charge is -2.26. The van der Waals surface area contributed by atoms with Gasteiger partial charge in [0.15, 0.2) is 0 Å². The molecule has 112 valence electrons.